The number of benzene rings is 2. The highest BCUT2D eigenvalue weighted by Crippen LogP contribution is 2.33. The highest BCUT2D eigenvalue weighted by Gasteiger charge is 2.34. The Bertz CT molecular complexity index is 2510. The molecule has 3 aromatic heterocycles. The monoisotopic (exact) mass is 835 g/mol. The summed E-state index contributed by atoms with van der Waals surface area (Å²) in [5.41, 5.74) is 4.49. The molecule has 3 aliphatic rings. The van der Waals surface area contributed by atoms with Crippen molar-refractivity contribution in [1.29, 1.82) is 0 Å². The molecule has 6 heterocycles. The van der Waals surface area contributed by atoms with Crippen LogP contribution in [-0.2, 0) is 29.6 Å². The van der Waals surface area contributed by atoms with Gasteiger partial charge >= 0.3 is 0 Å². The molecular weight excluding hydrogens is 785 g/mol. The average molecular weight is 836 g/mol. The normalized spacial score (nSPS) is 21.4. The quantitative estimate of drug-likeness (QED) is 0.191. The number of hydrogen-bond acceptors (Lipinski definition) is 9. The molecule has 4 amide bonds. The molecule has 8 rings (SSSR count). The maximum absolute atomic E-state index is 15.2. The van der Waals surface area contributed by atoms with Gasteiger partial charge in [-0.15, -0.1) is 0 Å². The number of carbonyl (C=O) groups excluding carboxylic acids is 4. The predicted molar refractivity (Wildman–Crippen MR) is 224 cm³/mol. The third-order valence-corrected chi connectivity index (χ3v) is 12.4. The van der Waals surface area contributed by atoms with Crippen LogP contribution in [0.3, 0.4) is 0 Å². The highest BCUT2D eigenvalue weighted by molar-refractivity contribution is 6.05. The van der Waals surface area contributed by atoms with E-state index in [1.54, 1.807) is 34.0 Å². The van der Waals surface area contributed by atoms with E-state index in [1.165, 1.54) is 12.1 Å². The first kappa shape index (κ1) is 41.7. The molecular formula is C45H51F2N9O5. The maximum Gasteiger partial charge on any atom is 0.258 e. The van der Waals surface area contributed by atoms with Gasteiger partial charge in [0.25, 0.3) is 11.8 Å². The van der Waals surface area contributed by atoms with Crippen LogP contribution in [0.15, 0.2) is 48.7 Å². The molecule has 0 spiro atoms. The summed E-state index contributed by atoms with van der Waals surface area (Å²) in [6.07, 6.45) is 5.28. The summed E-state index contributed by atoms with van der Waals surface area (Å²) in [5.74, 6) is -3.00. The molecule has 320 valence electrons. The van der Waals surface area contributed by atoms with E-state index < -0.39 is 29.4 Å². The summed E-state index contributed by atoms with van der Waals surface area (Å²) >= 11 is 0. The second kappa shape index (κ2) is 17.1. The number of halogens is 2. The van der Waals surface area contributed by atoms with Crippen molar-refractivity contribution in [3.05, 3.63) is 88.2 Å². The van der Waals surface area contributed by atoms with Gasteiger partial charge in [-0.2, -0.15) is 5.10 Å². The lowest BCUT2D eigenvalue weighted by Gasteiger charge is -2.41. The van der Waals surface area contributed by atoms with Crippen LogP contribution in [0.4, 0.5) is 14.7 Å². The topological polar surface area (TPSA) is 157 Å². The van der Waals surface area contributed by atoms with Crippen LogP contribution in [0, 0.1) is 24.5 Å². The van der Waals surface area contributed by atoms with Gasteiger partial charge in [0.05, 0.1) is 41.0 Å². The van der Waals surface area contributed by atoms with Crippen molar-refractivity contribution in [3.8, 4) is 17.1 Å². The van der Waals surface area contributed by atoms with Crippen LogP contribution in [0.2, 0.25) is 0 Å². The number of nitrogens with one attached hydrogen (secondary N) is 2. The summed E-state index contributed by atoms with van der Waals surface area (Å²) in [4.78, 5) is 65.4. The van der Waals surface area contributed by atoms with E-state index in [2.05, 4.69) is 39.5 Å². The lowest BCUT2D eigenvalue weighted by atomic mass is 9.88. The summed E-state index contributed by atoms with van der Waals surface area (Å²) in [5, 5.41) is 9.61. The summed E-state index contributed by atoms with van der Waals surface area (Å²) < 4.78 is 40.2. The molecule has 3 aliphatic heterocycles. The van der Waals surface area contributed by atoms with Crippen molar-refractivity contribution in [1.82, 2.24) is 39.4 Å². The van der Waals surface area contributed by atoms with Gasteiger partial charge in [0.2, 0.25) is 23.6 Å². The van der Waals surface area contributed by atoms with Crippen molar-refractivity contribution in [3.63, 3.8) is 0 Å². The molecule has 4 atom stereocenters. The minimum absolute atomic E-state index is 0.0302. The highest BCUT2D eigenvalue weighted by atomic mass is 19.1. The van der Waals surface area contributed by atoms with E-state index in [-0.39, 0.29) is 48.2 Å². The number of rotatable bonds is 6. The number of pyridine rings is 1. The van der Waals surface area contributed by atoms with Gasteiger partial charge in [-0.25, -0.2) is 18.4 Å². The number of likely N-dealkylation sites (tertiary alicyclic amines) is 1. The van der Waals surface area contributed by atoms with Crippen LogP contribution in [-0.4, -0.2) is 96.6 Å². The number of fused-ring (bicyclic) bond motifs is 7. The number of aryl methyl sites for hydroxylation is 2. The maximum atomic E-state index is 15.2. The summed E-state index contributed by atoms with van der Waals surface area (Å²) in [6, 6.07) is 11.6. The zero-order valence-corrected chi connectivity index (χ0v) is 35.1. The molecule has 0 radical (unpaired) electrons. The molecule has 5 aromatic rings. The van der Waals surface area contributed by atoms with Crippen molar-refractivity contribution in [2.75, 3.05) is 32.1 Å². The van der Waals surface area contributed by atoms with Crippen molar-refractivity contribution >= 4 is 40.6 Å². The molecule has 2 bridgehead atoms. The van der Waals surface area contributed by atoms with Crippen LogP contribution < -0.4 is 15.4 Å². The minimum Gasteiger partial charge on any atom is -0.477 e. The fraction of sp³-hybridized carbons (Fsp3) is 0.444. The standard InChI is InChI=1S/C45H51F2N9O5/c1-25-7-6-16-61-44-33(23-48-54(44)5)37-21-30(17-26(2)49-37)41(58)52-45-50-36-10-8-29(22-38(36)56(45)24-25)43(60)53(4)31-13-15-55(27(3)18-31)14-12-28-19-34(46)40(35(47)20-28)32-9-11-39(57)51-42(32)59/h8,10,17,19-23,25,27,31-32H,6-7,9,11-16,18,24H2,1-5H3,(H,50,52,58)(H,51,57,59)/t25-,27-,31+,32-/m1/s1. The molecule has 0 unspecified atom stereocenters. The fourth-order valence-corrected chi connectivity index (χ4v) is 9.03. The first-order chi connectivity index (χ1) is 29.2. The number of imidazole rings is 1. The molecule has 2 saturated heterocycles. The molecule has 16 heteroatoms. The van der Waals surface area contributed by atoms with Gasteiger partial charge in [0.15, 0.2) is 0 Å². The summed E-state index contributed by atoms with van der Waals surface area (Å²) in [7, 11) is 3.65. The van der Waals surface area contributed by atoms with Crippen molar-refractivity contribution in [2.24, 2.45) is 13.0 Å². The van der Waals surface area contributed by atoms with Crippen LogP contribution in [0.25, 0.3) is 22.3 Å². The largest absolute Gasteiger partial charge is 0.477 e. The number of imide groups is 1. The molecule has 14 nitrogen and oxygen atoms in total. The smallest absolute Gasteiger partial charge is 0.258 e. The Balaban J connectivity index is 0.956. The number of piperidine rings is 2. The zero-order valence-electron chi connectivity index (χ0n) is 35.1. The Morgan fingerprint density at radius 3 is 2.54 bits per heavy atom. The third-order valence-electron chi connectivity index (χ3n) is 12.4. The van der Waals surface area contributed by atoms with Crippen molar-refractivity contribution < 1.29 is 32.7 Å². The molecule has 0 saturated carbocycles. The van der Waals surface area contributed by atoms with Crippen LogP contribution >= 0.6 is 0 Å². The molecule has 2 N–H and O–H groups in total. The number of amides is 4. The van der Waals surface area contributed by atoms with Crippen LogP contribution in [0.1, 0.15) is 95.8 Å². The van der Waals surface area contributed by atoms with Gasteiger partial charge in [-0.1, -0.05) is 6.92 Å². The van der Waals surface area contributed by atoms with E-state index in [9.17, 15) is 19.2 Å². The Morgan fingerprint density at radius 1 is 1.00 bits per heavy atom. The Morgan fingerprint density at radius 2 is 1.79 bits per heavy atom. The van der Waals surface area contributed by atoms with E-state index >= 15 is 8.78 Å². The summed E-state index contributed by atoms with van der Waals surface area (Å²) in [6.45, 7) is 8.38. The van der Waals surface area contributed by atoms with Gasteiger partial charge in [0, 0.05) is 74.6 Å². The van der Waals surface area contributed by atoms with E-state index in [1.807, 2.05) is 37.7 Å². The molecule has 61 heavy (non-hydrogen) atoms. The first-order valence-corrected chi connectivity index (χ1v) is 21.0. The molecule has 0 aliphatic carbocycles. The third kappa shape index (κ3) is 8.63. The average Bonchev–Trinajstić information content (AvgIpc) is 3.76. The lowest BCUT2D eigenvalue weighted by molar-refractivity contribution is -0.134. The predicted octanol–water partition coefficient (Wildman–Crippen LogP) is 6.17. The second-order valence-electron chi connectivity index (χ2n) is 16.9. The Hall–Kier alpha value is -6.03. The zero-order chi connectivity index (χ0) is 43.1. The molecule has 2 aromatic carbocycles. The Kier molecular flexibility index (Phi) is 11.7. The van der Waals surface area contributed by atoms with Crippen LogP contribution in [0.5, 0.6) is 5.88 Å². The number of ether oxygens (including phenoxy) is 1. The van der Waals surface area contributed by atoms with Gasteiger partial charge in [-0.3, -0.25) is 34.8 Å². The number of nitrogens with zero attached hydrogens (tertiary/aromatic N) is 7. The SMILES string of the molecule is Cc1cc2cc(n1)-c1cnn(C)c1OCCC[C@@H](C)Cn1c(nc3ccc(C(=O)N(C)[C@H]4CCN(CCc5cc(F)c([C@H]6CCC(=O)NC6=O)c(F)c5)[C@H](C)C4)cc31)NC2=O. The number of carbonyl (C=O) groups is 4. The minimum atomic E-state index is -1.04. The fourth-order valence-electron chi connectivity index (χ4n) is 9.03. The lowest BCUT2D eigenvalue weighted by Crippen LogP contribution is -2.49. The number of hydrogen-bond donors (Lipinski definition) is 2. The number of aromatic nitrogens is 5. The Labute approximate surface area is 352 Å². The van der Waals surface area contributed by atoms with E-state index in [4.69, 9.17) is 9.72 Å². The van der Waals surface area contributed by atoms with E-state index in [0.717, 1.165) is 31.2 Å². The first-order valence-electron chi connectivity index (χ1n) is 21.0. The second-order valence-corrected chi connectivity index (χ2v) is 16.9. The number of anilines is 1. The van der Waals surface area contributed by atoms with Gasteiger partial charge in [-0.05, 0) is 106 Å². The van der Waals surface area contributed by atoms with E-state index in [0.29, 0.717) is 83.6 Å². The van der Waals surface area contributed by atoms with Crippen molar-refractivity contribution in [2.45, 2.75) is 90.3 Å². The van der Waals surface area contributed by atoms with Gasteiger partial charge in [0.1, 0.15) is 11.6 Å². The molecule has 2 fully saturated rings. The van der Waals surface area contributed by atoms with Gasteiger partial charge < -0.3 is 19.1 Å².